The van der Waals surface area contributed by atoms with E-state index in [1.54, 1.807) is 12.1 Å². The minimum atomic E-state index is -0.226. The predicted molar refractivity (Wildman–Crippen MR) is 59.4 cm³/mol. The van der Waals surface area contributed by atoms with Gasteiger partial charge in [-0.05, 0) is 37.0 Å². The van der Waals surface area contributed by atoms with Gasteiger partial charge in [0.25, 0.3) is 0 Å². The molecule has 1 atom stereocenters. The van der Waals surface area contributed by atoms with Crippen LogP contribution >= 0.6 is 0 Å². The number of aryl methyl sites for hydroxylation is 1. The minimum absolute atomic E-state index is 0.0428. The molecule has 0 aliphatic rings. The summed E-state index contributed by atoms with van der Waals surface area (Å²) in [4.78, 5) is 11.0. The Bertz CT molecular complexity index is 319. The van der Waals surface area contributed by atoms with Gasteiger partial charge in [0.2, 0.25) is 5.91 Å². The first-order valence-electron chi connectivity index (χ1n) is 5.20. The number of carbonyl (C=O) groups is 1. The SMILES string of the molecule is CCC(CCc1ccc(O)cc1)C(N)=O. The van der Waals surface area contributed by atoms with Crippen LogP contribution in [0.15, 0.2) is 24.3 Å². The van der Waals surface area contributed by atoms with Crippen LogP contribution in [-0.2, 0) is 11.2 Å². The summed E-state index contributed by atoms with van der Waals surface area (Å²) in [6.07, 6.45) is 2.38. The van der Waals surface area contributed by atoms with Crippen molar-refractivity contribution < 1.29 is 9.90 Å². The number of primary amides is 1. The lowest BCUT2D eigenvalue weighted by molar-refractivity contribution is -0.122. The highest BCUT2D eigenvalue weighted by Crippen LogP contribution is 2.15. The van der Waals surface area contributed by atoms with Crippen LogP contribution in [0.1, 0.15) is 25.3 Å². The molecule has 0 aliphatic carbocycles. The van der Waals surface area contributed by atoms with Crippen LogP contribution < -0.4 is 5.73 Å². The van der Waals surface area contributed by atoms with E-state index in [1.165, 1.54) is 0 Å². The van der Waals surface area contributed by atoms with Gasteiger partial charge < -0.3 is 10.8 Å². The van der Waals surface area contributed by atoms with Crippen LogP contribution in [0.2, 0.25) is 0 Å². The molecule has 1 aromatic carbocycles. The summed E-state index contributed by atoms with van der Waals surface area (Å²) in [5, 5.41) is 9.09. The van der Waals surface area contributed by atoms with E-state index in [0.29, 0.717) is 0 Å². The first-order chi connectivity index (χ1) is 7.13. The number of rotatable bonds is 5. The van der Waals surface area contributed by atoms with E-state index in [1.807, 2.05) is 19.1 Å². The molecular formula is C12H17NO2. The Labute approximate surface area is 89.9 Å². The van der Waals surface area contributed by atoms with Crippen LogP contribution in [0.5, 0.6) is 5.75 Å². The number of hydrogen-bond donors (Lipinski definition) is 2. The summed E-state index contributed by atoms with van der Waals surface area (Å²) in [6.45, 7) is 1.96. The number of amides is 1. The van der Waals surface area contributed by atoms with Crippen molar-refractivity contribution in [3.05, 3.63) is 29.8 Å². The average molecular weight is 207 g/mol. The maximum absolute atomic E-state index is 11.0. The third kappa shape index (κ3) is 3.62. The van der Waals surface area contributed by atoms with Gasteiger partial charge in [-0.25, -0.2) is 0 Å². The second-order valence-electron chi connectivity index (χ2n) is 3.71. The van der Waals surface area contributed by atoms with E-state index < -0.39 is 0 Å². The highest BCUT2D eigenvalue weighted by molar-refractivity contribution is 5.76. The molecule has 0 heterocycles. The number of phenols is 1. The quantitative estimate of drug-likeness (QED) is 0.773. The molecule has 1 rings (SSSR count). The molecule has 82 valence electrons. The summed E-state index contributed by atoms with van der Waals surface area (Å²) in [7, 11) is 0. The Morgan fingerprint density at radius 2 is 2.00 bits per heavy atom. The molecule has 15 heavy (non-hydrogen) atoms. The minimum Gasteiger partial charge on any atom is -0.508 e. The maximum Gasteiger partial charge on any atom is 0.220 e. The molecule has 0 saturated heterocycles. The molecule has 1 amide bonds. The lowest BCUT2D eigenvalue weighted by Gasteiger charge is -2.10. The molecule has 0 aliphatic heterocycles. The van der Waals surface area contributed by atoms with E-state index in [0.717, 1.165) is 24.8 Å². The summed E-state index contributed by atoms with van der Waals surface area (Å²) in [5.41, 5.74) is 6.37. The highest BCUT2D eigenvalue weighted by Gasteiger charge is 2.12. The summed E-state index contributed by atoms with van der Waals surface area (Å²) in [5.74, 6) is -0.00391. The number of nitrogens with two attached hydrogens (primary N) is 1. The van der Waals surface area contributed by atoms with E-state index in [2.05, 4.69) is 0 Å². The lowest BCUT2D eigenvalue weighted by atomic mass is 9.97. The van der Waals surface area contributed by atoms with Crippen LogP contribution in [0.25, 0.3) is 0 Å². The number of aromatic hydroxyl groups is 1. The molecule has 3 N–H and O–H groups in total. The van der Waals surface area contributed by atoms with E-state index in [-0.39, 0.29) is 17.6 Å². The fourth-order valence-corrected chi connectivity index (χ4v) is 1.55. The first kappa shape index (κ1) is 11.6. The van der Waals surface area contributed by atoms with Crippen LogP contribution in [0.3, 0.4) is 0 Å². The predicted octanol–water partition coefficient (Wildman–Crippen LogP) is 1.84. The largest absolute Gasteiger partial charge is 0.508 e. The van der Waals surface area contributed by atoms with Crippen molar-refractivity contribution in [1.82, 2.24) is 0 Å². The molecule has 3 nitrogen and oxygen atoms in total. The number of hydrogen-bond acceptors (Lipinski definition) is 2. The van der Waals surface area contributed by atoms with Crippen molar-refractivity contribution in [2.75, 3.05) is 0 Å². The molecule has 0 saturated carbocycles. The van der Waals surface area contributed by atoms with Crippen molar-refractivity contribution in [2.45, 2.75) is 26.2 Å². The van der Waals surface area contributed by atoms with Crippen molar-refractivity contribution in [3.8, 4) is 5.75 Å². The molecule has 0 spiro atoms. The van der Waals surface area contributed by atoms with Gasteiger partial charge in [-0.3, -0.25) is 4.79 Å². The Hall–Kier alpha value is -1.51. The molecule has 0 fully saturated rings. The third-order valence-corrected chi connectivity index (χ3v) is 2.61. The second-order valence-corrected chi connectivity index (χ2v) is 3.71. The molecule has 1 aromatic rings. The first-order valence-corrected chi connectivity index (χ1v) is 5.20. The van der Waals surface area contributed by atoms with Crippen molar-refractivity contribution in [2.24, 2.45) is 11.7 Å². The molecule has 0 aromatic heterocycles. The molecule has 1 unspecified atom stereocenters. The third-order valence-electron chi connectivity index (χ3n) is 2.61. The lowest BCUT2D eigenvalue weighted by Crippen LogP contribution is -2.23. The fraction of sp³-hybridized carbons (Fsp3) is 0.417. The zero-order valence-electron chi connectivity index (χ0n) is 8.94. The van der Waals surface area contributed by atoms with Gasteiger partial charge in [0.15, 0.2) is 0 Å². The van der Waals surface area contributed by atoms with Gasteiger partial charge in [-0.1, -0.05) is 19.1 Å². The normalized spacial score (nSPS) is 12.3. The Kier molecular flexibility index (Phi) is 4.16. The number of phenolic OH excluding ortho intramolecular Hbond substituents is 1. The summed E-state index contributed by atoms with van der Waals surface area (Å²) in [6, 6.07) is 7.03. The average Bonchev–Trinajstić information content (AvgIpc) is 2.21. The van der Waals surface area contributed by atoms with Crippen LogP contribution in [0.4, 0.5) is 0 Å². The second kappa shape index (κ2) is 5.39. The van der Waals surface area contributed by atoms with Gasteiger partial charge >= 0.3 is 0 Å². The molecular weight excluding hydrogens is 190 g/mol. The Morgan fingerprint density at radius 1 is 1.40 bits per heavy atom. The monoisotopic (exact) mass is 207 g/mol. The number of carbonyl (C=O) groups excluding carboxylic acids is 1. The van der Waals surface area contributed by atoms with E-state index >= 15 is 0 Å². The van der Waals surface area contributed by atoms with Crippen molar-refractivity contribution >= 4 is 5.91 Å². The molecule has 0 radical (unpaired) electrons. The highest BCUT2D eigenvalue weighted by atomic mass is 16.3. The Morgan fingerprint density at radius 3 is 2.47 bits per heavy atom. The van der Waals surface area contributed by atoms with Gasteiger partial charge in [0, 0.05) is 5.92 Å². The number of benzene rings is 1. The summed E-state index contributed by atoms with van der Waals surface area (Å²) < 4.78 is 0. The van der Waals surface area contributed by atoms with Gasteiger partial charge in [0.05, 0.1) is 0 Å². The zero-order valence-corrected chi connectivity index (χ0v) is 8.94. The van der Waals surface area contributed by atoms with E-state index in [4.69, 9.17) is 10.8 Å². The van der Waals surface area contributed by atoms with Gasteiger partial charge in [0.1, 0.15) is 5.75 Å². The Balaban J connectivity index is 2.49. The zero-order chi connectivity index (χ0) is 11.3. The fourth-order valence-electron chi connectivity index (χ4n) is 1.55. The van der Waals surface area contributed by atoms with Gasteiger partial charge in [-0.15, -0.1) is 0 Å². The smallest absolute Gasteiger partial charge is 0.220 e. The van der Waals surface area contributed by atoms with Gasteiger partial charge in [-0.2, -0.15) is 0 Å². The topological polar surface area (TPSA) is 63.3 Å². The standard InChI is InChI=1S/C12H17NO2/c1-2-10(12(13)15)6-3-9-4-7-11(14)8-5-9/h4-5,7-8,10,14H,2-3,6H2,1H3,(H2,13,15). The van der Waals surface area contributed by atoms with Crippen molar-refractivity contribution in [3.63, 3.8) is 0 Å². The van der Waals surface area contributed by atoms with Crippen LogP contribution in [0, 0.1) is 5.92 Å². The molecule has 0 bridgehead atoms. The maximum atomic E-state index is 11.0. The summed E-state index contributed by atoms with van der Waals surface area (Å²) >= 11 is 0. The van der Waals surface area contributed by atoms with Crippen molar-refractivity contribution in [1.29, 1.82) is 0 Å². The van der Waals surface area contributed by atoms with E-state index in [9.17, 15) is 4.79 Å². The van der Waals surface area contributed by atoms with Crippen LogP contribution in [-0.4, -0.2) is 11.0 Å². The molecule has 3 heteroatoms.